The fourth-order valence-corrected chi connectivity index (χ4v) is 5.69. The zero-order valence-electron chi connectivity index (χ0n) is 21.0. The van der Waals surface area contributed by atoms with Gasteiger partial charge in [0.25, 0.3) is 0 Å². The summed E-state index contributed by atoms with van der Waals surface area (Å²) in [6, 6.07) is 8.15. The minimum absolute atomic E-state index is 0.101. The van der Waals surface area contributed by atoms with Crippen molar-refractivity contribution >= 4 is 22.6 Å². The Kier molecular flexibility index (Phi) is 6.78. The van der Waals surface area contributed by atoms with Crippen molar-refractivity contribution in [2.75, 3.05) is 20.1 Å². The Bertz CT molecular complexity index is 1150. The van der Waals surface area contributed by atoms with E-state index in [-0.39, 0.29) is 17.8 Å². The van der Waals surface area contributed by atoms with Crippen LogP contribution in [0.1, 0.15) is 57.7 Å². The molecule has 0 spiro atoms. The molecule has 1 fully saturated rings. The lowest BCUT2D eigenvalue weighted by atomic mass is 9.61. The Balaban J connectivity index is 1.22. The second-order valence-electron chi connectivity index (χ2n) is 10.5. The summed E-state index contributed by atoms with van der Waals surface area (Å²) < 4.78 is 11.9. The lowest BCUT2D eigenvalue weighted by Crippen LogP contribution is -2.51. The minimum Gasteiger partial charge on any atom is -0.458 e. The number of aromatic nitrogens is 3. The van der Waals surface area contributed by atoms with Crippen molar-refractivity contribution in [3.63, 3.8) is 0 Å². The van der Waals surface area contributed by atoms with Crippen molar-refractivity contribution < 1.29 is 13.9 Å². The van der Waals surface area contributed by atoms with Crippen LogP contribution in [-0.4, -0.2) is 51.6 Å². The first-order valence-corrected chi connectivity index (χ1v) is 12.9. The molecule has 0 radical (unpaired) electrons. The molecule has 0 aliphatic heterocycles. The van der Waals surface area contributed by atoms with Crippen LogP contribution in [0.3, 0.4) is 0 Å². The maximum atomic E-state index is 12.8. The Labute approximate surface area is 207 Å². The molecule has 0 unspecified atom stereocenters. The summed E-state index contributed by atoms with van der Waals surface area (Å²) in [5.74, 6) is 2.03. The Morgan fingerprint density at radius 1 is 1.29 bits per heavy atom. The van der Waals surface area contributed by atoms with Gasteiger partial charge in [-0.15, -0.1) is 0 Å². The van der Waals surface area contributed by atoms with Gasteiger partial charge in [-0.25, -0.2) is 9.97 Å². The maximum absolute atomic E-state index is 12.8. The van der Waals surface area contributed by atoms with Crippen molar-refractivity contribution in [3.05, 3.63) is 54.5 Å². The first kappa shape index (κ1) is 23.8. The van der Waals surface area contributed by atoms with Crippen LogP contribution in [0.4, 0.5) is 0 Å². The summed E-state index contributed by atoms with van der Waals surface area (Å²) in [5.41, 5.74) is 2.85. The number of rotatable bonds is 10. The van der Waals surface area contributed by atoms with Crippen LogP contribution in [0.2, 0.25) is 0 Å². The SMILES string of the molecule is CC(C)C(=O)O[C@@]1(CCN(C)CCCc2nc3ccccc3[nH]2)C[C@H]2CC[C@@H]1C=C2c1ncco1. The van der Waals surface area contributed by atoms with E-state index >= 15 is 0 Å². The summed E-state index contributed by atoms with van der Waals surface area (Å²) >= 11 is 0. The molecule has 7 nitrogen and oxygen atoms in total. The fraction of sp³-hybridized carbons (Fsp3) is 0.536. The molecule has 35 heavy (non-hydrogen) atoms. The Morgan fingerprint density at radius 3 is 2.86 bits per heavy atom. The third kappa shape index (κ3) is 5.06. The number of H-pyrrole nitrogens is 1. The quantitative estimate of drug-likeness (QED) is 0.402. The molecule has 3 aliphatic rings. The van der Waals surface area contributed by atoms with Crippen molar-refractivity contribution in [3.8, 4) is 0 Å². The Morgan fingerprint density at radius 2 is 2.14 bits per heavy atom. The summed E-state index contributed by atoms with van der Waals surface area (Å²) in [7, 11) is 2.16. The smallest absolute Gasteiger partial charge is 0.308 e. The predicted molar refractivity (Wildman–Crippen MR) is 136 cm³/mol. The van der Waals surface area contributed by atoms with Crippen molar-refractivity contribution in [1.29, 1.82) is 0 Å². The van der Waals surface area contributed by atoms with E-state index in [4.69, 9.17) is 14.1 Å². The van der Waals surface area contributed by atoms with Crippen LogP contribution in [0.5, 0.6) is 0 Å². The van der Waals surface area contributed by atoms with E-state index in [2.05, 4.69) is 34.1 Å². The molecule has 3 aliphatic carbocycles. The molecule has 2 aromatic heterocycles. The van der Waals surface area contributed by atoms with Crippen LogP contribution >= 0.6 is 0 Å². The van der Waals surface area contributed by atoms with Gasteiger partial charge >= 0.3 is 5.97 Å². The molecule has 3 aromatic rings. The zero-order chi connectivity index (χ0) is 24.4. The first-order chi connectivity index (χ1) is 16.9. The van der Waals surface area contributed by atoms with Gasteiger partial charge in [0.05, 0.1) is 23.1 Å². The summed E-state index contributed by atoms with van der Waals surface area (Å²) in [5, 5.41) is 0. The standard InChI is InChI=1S/C28H36N4O3/c1-19(2)27(33)35-28(18-20-10-11-21(28)17-22(20)26-29-13-16-34-26)12-15-32(3)14-6-9-25-30-23-7-4-5-8-24(23)31-25/h4-5,7-8,13,16-17,19-21H,6,9-12,14-15,18H2,1-3H3,(H,30,31)/t20-,21-,28+/m1/s1. The van der Waals surface area contributed by atoms with Gasteiger partial charge in [0.2, 0.25) is 5.89 Å². The maximum Gasteiger partial charge on any atom is 0.308 e. The topological polar surface area (TPSA) is 84.2 Å². The molecule has 2 heterocycles. The van der Waals surface area contributed by atoms with Gasteiger partial charge < -0.3 is 19.0 Å². The Hall–Kier alpha value is -2.93. The molecule has 1 aromatic carbocycles. The molecule has 3 atom stereocenters. The largest absolute Gasteiger partial charge is 0.458 e. The number of allylic oxidation sites excluding steroid dienone is 1. The van der Waals surface area contributed by atoms with Crippen LogP contribution in [0.25, 0.3) is 16.6 Å². The lowest BCUT2D eigenvalue weighted by Gasteiger charge is -2.50. The molecule has 186 valence electrons. The second-order valence-corrected chi connectivity index (χ2v) is 10.5. The average Bonchev–Trinajstić information content (AvgIpc) is 3.53. The van der Waals surface area contributed by atoms with E-state index in [1.807, 2.05) is 32.0 Å². The summed E-state index contributed by atoms with van der Waals surface area (Å²) in [4.78, 5) is 27.6. The average molecular weight is 477 g/mol. The van der Waals surface area contributed by atoms with Gasteiger partial charge in [-0.05, 0) is 57.3 Å². The number of aryl methyl sites for hydroxylation is 1. The molecule has 6 rings (SSSR count). The number of aromatic amines is 1. The van der Waals surface area contributed by atoms with E-state index in [0.717, 1.165) is 68.5 Å². The summed E-state index contributed by atoms with van der Waals surface area (Å²) in [6.45, 7) is 5.68. The molecular formula is C28H36N4O3. The van der Waals surface area contributed by atoms with Crippen molar-refractivity contribution in [2.45, 2.75) is 58.0 Å². The van der Waals surface area contributed by atoms with Gasteiger partial charge in [-0.3, -0.25) is 4.79 Å². The van der Waals surface area contributed by atoms with Crippen LogP contribution in [0.15, 0.2) is 47.2 Å². The number of carbonyl (C=O) groups excluding carboxylic acids is 1. The fourth-order valence-electron chi connectivity index (χ4n) is 5.69. The first-order valence-electron chi connectivity index (χ1n) is 12.9. The molecule has 1 N–H and O–H groups in total. The van der Waals surface area contributed by atoms with Gasteiger partial charge in [0.15, 0.2) is 0 Å². The molecule has 1 saturated carbocycles. The van der Waals surface area contributed by atoms with Gasteiger partial charge in [0.1, 0.15) is 17.7 Å². The zero-order valence-corrected chi connectivity index (χ0v) is 21.0. The normalized spacial score (nSPS) is 23.9. The second kappa shape index (κ2) is 9.97. The number of fused-ring (bicyclic) bond motifs is 3. The number of carbonyl (C=O) groups is 1. The highest BCUT2D eigenvalue weighted by molar-refractivity contribution is 5.74. The minimum atomic E-state index is -0.451. The highest BCUT2D eigenvalue weighted by atomic mass is 16.6. The van der Waals surface area contributed by atoms with Crippen molar-refractivity contribution in [2.24, 2.45) is 17.8 Å². The number of hydrogen-bond donors (Lipinski definition) is 1. The number of imidazole rings is 1. The molecule has 0 amide bonds. The van der Waals surface area contributed by atoms with Gasteiger partial charge in [0, 0.05) is 30.9 Å². The van der Waals surface area contributed by atoms with Gasteiger partial charge in [-0.2, -0.15) is 0 Å². The molecule has 2 bridgehead atoms. The highest BCUT2D eigenvalue weighted by Gasteiger charge is 2.51. The predicted octanol–water partition coefficient (Wildman–Crippen LogP) is 5.26. The monoisotopic (exact) mass is 476 g/mol. The molecule has 0 saturated heterocycles. The molecule has 7 heteroatoms. The lowest BCUT2D eigenvalue weighted by molar-refractivity contribution is -0.176. The van der Waals surface area contributed by atoms with E-state index in [9.17, 15) is 4.79 Å². The molecular weight excluding hydrogens is 440 g/mol. The third-order valence-electron chi connectivity index (χ3n) is 7.68. The van der Waals surface area contributed by atoms with Gasteiger partial charge in [-0.1, -0.05) is 32.1 Å². The third-order valence-corrected chi connectivity index (χ3v) is 7.68. The number of nitrogens with zero attached hydrogens (tertiary/aromatic N) is 3. The number of oxazole rings is 1. The van der Waals surface area contributed by atoms with E-state index < -0.39 is 5.60 Å². The summed E-state index contributed by atoms with van der Waals surface area (Å²) in [6.07, 6.45) is 11.4. The highest BCUT2D eigenvalue weighted by Crippen LogP contribution is 2.52. The number of ether oxygens (including phenoxy) is 1. The van der Waals surface area contributed by atoms with Crippen LogP contribution < -0.4 is 0 Å². The van der Waals surface area contributed by atoms with Crippen LogP contribution in [-0.2, 0) is 16.0 Å². The van der Waals surface area contributed by atoms with E-state index in [1.165, 1.54) is 5.57 Å². The number of hydrogen-bond acceptors (Lipinski definition) is 6. The number of para-hydroxylation sites is 2. The van der Waals surface area contributed by atoms with E-state index in [1.54, 1.807) is 12.5 Å². The number of nitrogens with one attached hydrogen (secondary N) is 1. The van der Waals surface area contributed by atoms with Crippen LogP contribution in [0, 0.1) is 17.8 Å². The number of esters is 1. The van der Waals surface area contributed by atoms with Crippen molar-refractivity contribution in [1.82, 2.24) is 19.9 Å². The number of benzene rings is 1. The van der Waals surface area contributed by atoms with E-state index in [0.29, 0.717) is 11.8 Å².